The maximum atomic E-state index is 12.9. The van der Waals surface area contributed by atoms with E-state index in [1.165, 1.54) is 42.5 Å². The van der Waals surface area contributed by atoms with E-state index in [4.69, 9.17) is 0 Å². The van der Waals surface area contributed by atoms with Crippen LogP contribution in [-0.2, 0) is 0 Å². The van der Waals surface area contributed by atoms with Crippen LogP contribution in [0.5, 0.6) is 0 Å². The largest absolute Gasteiger partial charge is 0.368 e. The van der Waals surface area contributed by atoms with Crippen molar-refractivity contribution in [3.05, 3.63) is 53.2 Å². The van der Waals surface area contributed by atoms with Crippen molar-refractivity contribution in [2.45, 2.75) is 45.6 Å². The molecule has 2 aliphatic rings. The number of amides is 1. The van der Waals surface area contributed by atoms with Crippen LogP contribution in [0.4, 0.5) is 11.5 Å². The summed E-state index contributed by atoms with van der Waals surface area (Å²) in [5.74, 6) is 0.962. The average molecular weight is 379 g/mol. The number of hydrogen-bond acceptors (Lipinski definition) is 4. The van der Waals surface area contributed by atoms with Gasteiger partial charge in [-0.05, 0) is 56.0 Å². The molecule has 2 fully saturated rings. The van der Waals surface area contributed by atoms with Crippen molar-refractivity contribution in [2.75, 3.05) is 36.4 Å². The summed E-state index contributed by atoms with van der Waals surface area (Å²) in [5.41, 5.74) is 4.61. The highest BCUT2D eigenvalue weighted by atomic mass is 16.2. The molecule has 2 aromatic rings. The molecule has 2 heterocycles. The van der Waals surface area contributed by atoms with Gasteiger partial charge >= 0.3 is 0 Å². The molecule has 1 saturated carbocycles. The molecule has 4 rings (SSSR count). The number of aromatic nitrogens is 1. The standard InChI is InChI=1S/C23H30N4O/c1-17-6-5-9-21(18(17)2)26-12-14-27(15-13-26)23(28)19-10-11-22(24-16-19)25-20-7-3-4-8-20/h5-6,9-11,16,20H,3-4,7-8,12-15H2,1-2H3,(H,24,25). The Labute approximate surface area is 167 Å². The number of benzene rings is 1. The summed E-state index contributed by atoms with van der Waals surface area (Å²) < 4.78 is 0. The van der Waals surface area contributed by atoms with Crippen molar-refractivity contribution in [1.29, 1.82) is 0 Å². The molecule has 5 heteroatoms. The molecule has 148 valence electrons. The smallest absolute Gasteiger partial charge is 0.255 e. The molecule has 1 amide bonds. The number of nitrogens with zero attached hydrogens (tertiary/aromatic N) is 3. The van der Waals surface area contributed by atoms with Gasteiger partial charge in [-0.15, -0.1) is 0 Å². The van der Waals surface area contributed by atoms with Gasteiger partial charge in [0.15, 0.2) is 0 Å². The maximum absolute atomic E-state index is 12.9. The summed E-state index contributed by atoms with van der Waals surface area (Å²) in [4.78, 5) is 21.7. The molecular formula is C23H30N4O. The lowest BCUT2D eigenvalue weighted by molar-refractivity contribution is 0.0746. The zero-order valence-corrected chi connectivity index (χ0v) is 16.9. The maximum Gasteiger partial charge on any atom is 0.255 e. The van der Waals surface area contributed by atoms with Gasteiger partial charge in [0.05, 0.1) is 5.56 Å². The third-order valence-corrected chi connectivity index (χ3v) is 6.20. The average Bonchev–Trinajstić information content (AvgIpc) is 3.23. The van der Waals surface area contributed by atoms with E-state index in [1.54, 1.807) is 6.20 Å². The third-order valence-electron chi connectivity index (χ3n) is 6.20. The lowest BCUT2D eigenvalue weighted by Crippen LogP contribution is -2.49. The second-order valence-corrected chi connectivity index (χ2v) is 8.06. The minimum Gasteiger partial charge on any atom is -0.368 e. The molecule has 0 bridgehead atoms. The van der Waals surface area contributed by atoms with Gasteiger partial charge in [-0.25, -0.2) is 4.98 Å². The first kappa shape index (κ1) is 18.8. The Morgan fingerprint density at radius 1 is 1.04 bits per heavy atom. The molecule has 0 unspecified atom stereocenters. The number of nitrogens with one attached hydrogen (secondary N) is 1. The molecule has 5 nitrogen and oxygen atoms in total. The van der Waals surface area contributed by atoms with Crippen molar-refractivity contribution in [3.8, 4) is 0 Å². The zero-order valence-electron chi connectivity index (χ0n) is 16.9. The predicted molar refractivity (Wildman–Crippen MR) is 114 cm³/mol. The number of carbonyl (C=O) groups is 1. The van der Waals surface area contributed by atoms with Crippen molar-refractivity contribution in [1.82, 2.24) is 9.88 Å². The monoisotopic (exact) mass is 378 g/mol. The molecule has 1 saturated heterocycles. The van der Waals surface area contributed by atoms with E-state index in [2.05, 4.69) is 47.2 Å². The van der Waals surface area contributed by atoms with E-state index in [9.17, 15) is 4.79 Å². The second-order valence-electron chi connectivity index (χ2n) is 8.06. The van der Waals surface area contributed by atoms with Crippen LogP contribution in [0.1, 0.15) is 47.2 Å². The molecule has 1 aliphatic carbocycles. The van der Waals surface area contributed by atoms with Crippen molar-refractivity contribution < 1.29 is 4.79 Å². The van der Waals surface area contributed by atoms with E-state index in [1.807, 2.05) is 17.0 Å². The van der Waals surface area contributed by atoms with Crippen LogP contribution in [0.3, 0.4) is 0 Å². The van der Waals surface area contributed by atoms with E-state index in [0.29, 0.717) is 11.6 Å². The first-order valence-electron chi connectivity index (χ1n) is 10.4. The van der Waals surface area contributed by atoms with Crippen LogP contribution in [0.25, 0.3) is 0 Å². The highest BCUT2D eigenvalue weighted by molar-refractivity contribution is 5.94. The van der Waals surface area contributed by atoms with Gasteiger partial charge in [0, 0.05) is 44.1 Å². The van der Waals surface area contributed by atoms with Crippen molar-refractivity contribution in [3.63, 3.8) is 0 Å². The van der Waals surface area contributed by atoms with Gasteiger partial charge in [0.1, 0.15) is 5.82 Å². The minimum absolute atomic E-state index is 0.0838. The molecule has 0 atom stereocenters. The third kappa shape index (κ3) is 3.98. The van der Waals surface area contributed by atoms with Crippen LogP contribution in [0.2, 0.25) is 0 Å². The Balaban J connectivity index is 1.35. The summed E-state index contributed by atoms with van der Waals surface area (Å²) >= 11 is 0. The Morgan fingerprint density at radius 2 is 1.79 bits per heavy atom. The van der Waals surface area contributed by atoms with Gasteiger partial charge in [-0.2, -0.15) is 0 Å². The van der Waals surface area contributed by atoms with E-state index >= 15 is 0 Å². The van der Waals surface area contributed by atoms with Crippen LogP contribution < -0.4 is 10.2 Å². The Morgan fingerprint density at radius 3 is 2.46 bits per heavy atom. The van der Waals surface area contributed by atoms with E-state index < -0.39 is 0 Å². The van der Waals surface area contributed by atoms with Gasteiger partial charge in [-0.3, -0.25) is 4.79 Å². The van der Waals surface area contributed by atoms with Crippen LogP contribution >= 0.6 is 0 Å². The number of piperazine rings is 1. The van der Waals surface area contributed by atoms with Crippen LogP contribution in [0, 0.1) is 13.8 Å². The molecule has 1 aromatic carbocycles. The fourth-order valence-corrected chi connectivity index (χ4v) is 4.30. The van der Waals surface area contributed by atoms with Gasteiger partial charge in [-0.1, -0.05) is 25.0 Å². The number of aryl methyl sites for hydroxylation is 1. The topological polar surface area (TPSA) is 48.5 Å². The Kier molecular flexibility index (Phi) is 5.51. The van der Waals surface area contributed by atoms with Crippen LogP contribution in [-0.4, -0.2) is 48.0 Å². The molecular weight excluding hydrogens is 348 g/mol. The lowest BCUT2D eigenvalue weighted by atomic mass is 10.1. The van der Waals surface area contributed by atoms with Gasteiger partial charge in [0.25, 0.3) is 5.91 Å². The fourth-order valence-electron chi connectivity index (χ4n) is 4.30. The quantitative estimate of drug-likeness (QED) is 0.873. The normalized spacial score (nSPS) is 17.8. The number of rotatable bonds is 4. The zero-order chi connectivity index (χ0) is 19.5. The molecule has 28 heavy (non-hydrogen) atoms. The van der Waals surface area contributed by atoms with Crippen molar-refractivity contribution in [2.24, 2.45) is 0 Å². The molecule has 0 spiro atoms. The Bertz CT molecular complexity index is 819. The summed E-state index contributed by atoms with van der Waals surface area (Å²) in [7, 11) is 0. The molecule has 1 aliphatic heterocycles. The molecule has 0 radical (unpaired) electrons. The number of hydrogen-bond donors (Lipinski definition) is 1. The lowest BCUT2D eigenvalue weighted by Gasteiger charge is -2.37. The van der Waals surface area contributed by atoms with Crippen molar-refractivity contribution >= 4 is 17.4 Å². The molecule has 1 aromatic heterocycles. The van der Waals surface area contributed by atoms with E-state index in [0.717, 1.165) is 32.0 Å². The highest BCUT2D eigenvalue weighted by Gasteiger charge is 2.23. The first-order valence-corrected chi connectivity index (χ1v) is 10.4. The van der Waals surface area contributed by atoms with Crippen LogP contribution in [0.15, 0.2) is 36.5 Å². The van der Waals surface area contributed by atoms with Gasteiger partial charge in [0.2, 0.25) is 0 Å². The summed E-state index contributed by atoms with van der Waals surface area (Å²) in [6.45, 7) is 7.55. The minimum atomic E-state index is 0.0838. The first-order chi connectivity index (χ1) is 13.6. The SMILES string of the molecule is Cc1cccc(N2CCN(C(=O)c3ccc(NC4CCCC4)nc3)CC2)c1C. The second kappa shape index (κ2) is 8.21. The summed E-state index contributed by atoms with van der Waals surface area (Å²) in [6.07, 6.45) is 6.74. The Hall–Kier alpha value is -2.56. The number of anilines is 2. The van der Waals surface area contributed by atoms with Gasteiger partial charge < -0.3 is 15.1 Å². The highest BCUT2D eigenvalue weighted by Crippen LogP contribution is 2.24. The number of pyridine rings is 1. The molecule has 1 N–H and O–H groups in total. The predicted octanol–water partition coefficient (Wildman–Crippen LogP) is 4.02. The fraction of sp³-hybridized carbons (Fsp3) is 0.478. The summed E-state index contributed by atoms with van der Waals surface area (Å²) in [6, 6.07) is 10.8. The van der Waals surface area contributed by atoms with E-state index in [-0.39, 0.29) is 5.91 Å². The summed E-state index contributed by atoms with van der Waals surface area (Å²) in [5, 5.41) is 3.48. The number of carbonyl (C=O) groups excluding carboxylic acids is 1.